The first kappa shape index (κ1) is 110. The second kappa shape index (κ2) is 53.3. The quantitative estimate of drug-likeness (QED) is 0.00647. The predicted molar refractivity (Wildman–Crippen MR) is 501 cm³/mol. The molecule has 138 heavy (non-hydrogen) atoms. The first-order chi connectivity index (χ1) is 65.2. The average Bonchev–Trinajstić information content (AvgIpc) is 1.58. The lowest BCUT2D eigenvalue weighted by Crippen LogP contribution is -2.57. The molecule has 0 radical (unpaired) electrons. The Hall–Kier alpha value is -16.6. The zero-order chi connectivity index (χ0) is 102. The minimum atomic E-state index is -2.09. The highest BCUT2D eigenvalue weighted by molar-refractivity contribution is 6.08. The summed E-state index contributed by atoms with van der Waals surface area (Å²) in [6.07, 6.45) is 7.43. The Bertz CT molecular complexity index is 5460. The Labute approximate surface area is 790 Å². The third-order valence-electron chi connectivity index (χ3n) is 21.7. The number of guanidine groups is 4. The van der Waals surface area contributed by atoms with Gasteiger partial charge in [-0.15, -0.1) is 0 Å². The van der Waals surface area contributed by atoms with Crippen LogP contribution in [0.5, 0.6) is 0 Å². The second-order valence-corrected chi connectivity index (χ2v) is 32.9. The van der Waals surface area contributed by atoms with E-state index < -0.39 is 236 Å². The fourth-order valence-electron chi connectivity index (χ4n) is 15.3. The molecule has 2 heterocycles. The number of nitrogens with zero attached hydrogens (tertiary/aromatic N) is 2. The molecule has 0 fully saturated rings. The maximum atomic E-state index is 14.3. The summed E-state index contributed by atoms with van der Waals surface area (Å²) >= 11 is 0. The maximum Gasteiger partial charge on any atom is 0.326 e. The molecule has 0 aromatic heterocycles. The van der Waals surface area contributed by atoms with Crippen LogP contribution in [-0.4, -0.2) is 280 Å². The van der Waals surface area contributed by atoms with Crippen molar-refractivity contribution in [1.29, 1.82) is 21.6 Å². The van der Waals surface area contributed by atoms with Gasteiger partial charge >= 0.3 is 29.8 Å². The van der Waals surface area contributed by atoms with Gasteiger partial charge in [-0.3, -0.25) is 103 Å². The van der Waals surface area contributed by atoms with Gasteiger partial charge in [0.25, 0.3) is 0 Å². The molecule has 35 N–H and O–H groups in total. The molecule has 0 bridgehead atoms. The van der Waals surface area contributed by atoms with Crippen molar-refractivity contribution in [2.75, 3.05) is 70.3 Å². The minimum Gasteiger partial charge on any atom is -0.481 e. The number of carbonyl (C=O) groups excluding carboxylic acids is 13. The number of carboxylic acid groups (broad SMARTS) is 5. The molecular weight excluding hydrogens is 1800 g/mol. The van der Waals surface area contributed by atoms with Gasteiger partial charge in [-0.2, -0.15) is 4.58 Å². The van der Waals surface area contributed by atoms with Crippen LogP contribution in [0.25, 0.3) is 21.5 Å². The number of allylic oxidation sites excluding steroid dienone is 8. The summed E-state index contributed by atoms with van der Waals surface area (Å²) in [7, 11) is 0. The third-order valence-corrected chi connectivity index (χ3v) is 21.7. The lowest BCUT2D eigenvalue weighted by atomic mass is 9.79. The van der Waals surface area contributed by atoms with Gasteiger partial charge in [-0.25, -0.2) is 4.79 Å². The lowest BCUT2D eigenvalue weighted by Gasteiger charge is -2.25. The molecular formula is C88H120N27O23+. The van der Waals surface area contributed by atoms with E-state index in [1.54, 1.807) is 0 Å². The summed E-state index contributed by atoms with van der Waals surface area (Å²) in [6, 6.07) is 9.51. The van der Waals surface area contributed by atoms with E-state index >= 15 is 0 Å². The van der Waals surface area contributed by atoms with Gasteiger partial charge in [0.2, 0.25) is 82.5 Å². The Morgan fingerprint density at radius 1 is 0.377 bits per heavy atom. The summed E-state index contributed by atoms with van der Waals surface area (Å²) in [5.41, 5.74) is 30.9. The molecule has 13 amide bonds. The molecule has 4 aromatic carbocycles. The fourth-order valence-corrected chi connectivity index (χ4v) is 15.3. The monoisotopic (exact) mass is 1920 g/mol. The van der Waals surface area contributed by atoms with E-state index in [0.29, 0.717) is 0 Å². The molecule has 50 nitrogen and oxygen atoms in total. The largest absolute Gasteiger partial charge is 0.481 e. The molecule has 0 aliphatic carbocycles. The average molecular weight is 1920 g/mol. The van der Waals surface area contributed by atoms with Crippen LogP contribution in [0.4, 0.5) is 11.4 Å². The van der Waals surface area contributed by atoms with Crippen LogP contribution in [-0.2, 0) is 97.1 Å². The number of fused-ring (bicyclic) bond motifs is 6. The summed E-state index contributed by atoms with van der Waals surface area (Å²) in [6.45, 7) is 3.92. The number of carbonyl (C=O) groups is 18. The van der Waals surface area contributed by atoms with E-state index in [-0.39, 0.29) is 103 Å². The first-order valence-corrected chi connectivity index (χ1v) is 43.6. The molecule has 0 saturated heterocycles. The van der Waals surface area contributed by atoms with Crippen molar-refractivity contribution in [2.24, 2.45) is 28.7 Å². The number of carboxylic acids is 5. The number of benzene rings is 4. The molecule has 0 saturated carbocycles. The van der Waals surface area contributed by atoms with Crippen molar-refractivity contribution < 1.29 is 116 Å². The normalized spacial score (nSPS) is 14.7. The van der Waals surface area contributed by atoms with Crippen molar-refractivity contribution >= 4 is 169 Å². The summed E-state index contributed by atoms with van der Waals surface area (Å²) < 4.78 is 2.02. The van der Waals surface area contributed by atoms with Gasteiger partial charge in [0.1, 0.15) is 54.9 Å². The van der Waals surface area contributed by atoms with Crippen molar-refractivity contribution in [2.45, 2.75) is 170 Å². The SMILES string of the molecule is CC1(C)C(/C=C/C=C/C=C/C=C2/N(CC(=O)O)c3ccc4ccccc4c3C2(C)C)=[N+](CCC(=O)N[C@@H](CCCNC(=N)N)C(=O)NCC(=O)N[C@H](CC(=O)O)C(=O)N[C@@H](CCCNC(=N)N)C(=O)NCC(=O)N[C@H](CC(=O)O)C(=O)N[C@@H](CCCNC(=N)N)C(=O)NCC(=O)N[C@H](CC(=O)N[C@@H](CCCNC(=N)N)C(=O)NCC(=O)N[C@H](CC(=O)O)C(N)=O)C(=O)O)c2ccc3ccccc3c21. The molecule has 2 aliphatic rings. The summed E-state index contributed by atoms with van der Waals surface area (Å²) in [4.78, 5) is 238. The zero-order valence-electron chi connectivity index (χ0n) is 76.2. The van der Waals surface area contributed by atoms with Crippen LogP contribution in [0, 0.1) is 21.6 Å². The smallest absolute Gasteiger partial charge is 0.326 e. The van der Waals surface area contributed by atoms with E-state index in [0.717, 1.165) is 55.5 Å². The highest BCUT2D eigenvalue weighted by atomic mass is 16.4. The van der Waals surface area contributed by atoms with Crippen LogP contribution in [0.1, 0.15) is 122 Å². The molecule has 50 heteroatoms. The molecule has 8 atom stereocenters. The van der Waals surface area contributed by atoms with E-state index in [4.69, 9.17) is 55.4 Å². The fraction of sp³-hybridized carbons (Fsp3) is 0.420. The number of primary amides is 1. The molecule has 2 aliphatic heterocycles. The third kappa shape index (κ3) is 35.1. The van der Waals surface area contributed by atoms with Crippen molar-refractivity contribution in [1.82, 2.24) is 85.1 Å². The van der Waals surface area contributed by atoms with Gasteiger partial charge in [0.05, 0.1) is 63.7 Å². The molecule has 4 aromatic rings. The number of hydrogen-bond acceptors (Lipinski definition) is 23. The van der Waals surface area contributed by atoms with Gasteiger partial charge in [0.15, 0.2) is 36.1 Å². The highest BCUT2D eigenvalue weighted by Crippen LogP contribution is 2.51. The number of nitrogens with one attached hydrogen (secondary N) is 20. The Morgan fingerprint density at radius 2 is 0.739 bits per heavy atom. The van der Waals surface area contributed by atoms with Gasteiger partial charge in [0, 0.05) is 60.7 Å². The van der Waals surface area contributed by atoms with Crippen molar-refractivity contribution in [3.05, 3.63) is 132 Å². The number of nitrogens with two attached hydrogens (primary N) is 5. The predicted octanol–water partition coefficient (Wildman–Crippen LogP) is -5.03. The van der Waals surface area contributed by atoms with E-state index in [1.807, 2.05) is 135 Å². The Balaban J connectivity index is 1.10. The Kier molecular flexibility index (Phi) is 42.5. The number of anilines is 1. The van der Waals surface area contributed by atoms with E-state index in [2.05, 4.69) is 102 Å². The second-order valence-electron chi connectivity index (χ2n) is 32.9. The summed E-state index contributed by atoms with van der Waals surface area (Å²) in [5, 5.41) is 120. The van der Waals surface area contributed by atoms with E-state index in [1.165, 1.54) is 0 Å². The zero-order valence-corrected chi connectivity index (χ0v) is 76.2. The number of amides is 13. The molecule has 744 valence electrons. The molecule has 0 spiro atoms. The highest BCUT2D eigenvalue weighted by Gasteiger charge is 2.47. The molecule has 0 unspecified atom stereocenters. The number of aliphatic carboxylic acids is 5. The van der Waals surface area contributed by atoms with Crippen LogP contribution in [0.3, 0.4) is 0 Å². The van der Waals surface area contributed by atoms with Crippen molar-refractivity contribution in [3.8, 4) is 0 Å². The van der Waals surface area contributed by atoms with Crippen molar-refractivity contribution in [3.63, 3.8) is 0 Å². The first-order valence-electron chi connectivity index (χ1n) is 43.6. The number of hydrogen-bond donors (Lipinski definition) is 30. The maximum absolute atomic E-state index is 14.3. The van der Waals surface area contributed by atoms with Gasteiger partial charge in [-0.05, 0) is 111 Å². The van der Waals surface area contributed by atoms with Gasteiger partial charge in [-0.1, -0.05) is 98.8 Å². The van der Waals surface area contributed by atoms with Crippen LogP contribution in [0.2, 0.25) is 0 Å². The molecule has 6 rings (SSSR count). The number of rotatable bonds is 57. The topological polar surface area (TPSA) is 833 Å². The summed E-state index contributed by atoms with van der Waals surface area (Å²) in [5.74, 6) is -24.4. The van der Waals surface area contributed by atoms with Gasteiger partial charge < -0.3 is 144 Å². The minimum absolute atomic E-state index is 0.00647. The van der Waals surface area contributed by atoms with E-state index in [9.17, 15) is 107 Å². The van der Waals surface area contributed by atoms with Crippen LogP contribution < -0.4 is 119 Å². The van der Waals surface area contributed by atoms with Crippen LogP contribution >= 0.6 is 0 Å². The Morgan fingerprint density at radius 3 is 1.14 bits per heavy atom. The standard InChI is InChI=1S/C88H119N27O23/c1-87(2)61(26-8-6-5-7-9-27-62-88(3,4)74-50-21-13-11-19-48(50)29-31-60(74)115(62)46-72(128)129)114(59-30-28-47-18-10-12-20-49(47)73(59)87)37-32-63(116)106-51(22-14-33-98-83(90)91)76(131)103-43-66(119)109-56(40-70(124)125)80(135)112-53(24-16-35-100-85(94)95)78(133)104-44-67(120)110-57(41-71(126)127)81(136)113-54(25-17-36-101-86(96)97)79(134)105-45-68(121)111-58(82(137)138)38-64(117)107-52(23-15-34-99-84(92)93)77(132)102-42-65(118)108-55(75(89)130)39-69(122)123/h5-13,18-21,26-31,51-58H,14-17,22-25,32-46H2,1-4H3,(H34-,89,90,91,92,93,94,95,96,97,98,99,100,101,102,103,104,105,106,107,108,109,110,111,112,113,116,117,118,119,120,121,122,123,124,125,126,127,128,129,130,131,132,133,134,135,136,137,138)/p+1/t51-,52-,53-,54-,55+,56+,57+,58+/m0/s1. The lowest BCUT2D eigenvalue weighted by molar-refractivity contribution is -0.436. The van der Waals surface area contributed by atoms with Crippen LogP contribution in [0.15, 0.2) is 121 Å².